The molecule has 1 rings (SSSR count). The molecule has 15 heavy (non-hydrogen) atoms. The van der Waals surface area contributed by atoms with Crippen molar-refractivity contribution in [2.45, 2.75) is 20.0 Å². The first kappa shape index (κ1) is 11.4. The van der Waals surface area contributed by atoms with Crippen LogP contribution in [0.4, 0.5) is 0 Å². The molecule has 0 saturated carbocycles. The van der Waals surface area contributed by atoms with Crippen molar-refractivity contribution >= 4 is 5.97 Å². The lowest BCUT2D eigenvalue weighted by Crippen LogP contribution is -2.23. The summed E-state index contributed by atoms with van der Waals surface area (Å²) in [6, 6.07) is 5.30. The van der Waals surface area contributed by atoms with Crippen LogP contribution in [0.15, 0.2) is 18.2 Å². The highest BCUT2D eigenvalue weighted by Gasteiger charge is 2.13. The molecule has 1 aromatic rings. The van der Waals surface area contributed by atoms with Crippen LogP contribution in [0.2, 0.25) is 0 Å². The highest BCUT2D eigenvalue weighted by molar-refractivity contribution is 5.72. The molecule has 0 fully saturated rings. The molecule has 0 spiro atoms. The summed E-state index contributed by atoms with van der Waals surface area (Å²) in [5, 5.41) is 8.70. The normalized spacial score (nSPS) is 11.9. The van der Waals surface area contributed by atoms with E-state index in [9.17, 15) is 4.79 Å². The SMILES string of the molecule is COc1ccc(C)c(OC(C)C(=O)O)c1. The van der Waals surface area contributed by atoms with Crippen LogP contribution in [0.5, 0.6) is 11.5 Å². The fourth-order valence-electron chi connectivity index (χ4n) is 1.08. The molecule has 0 amide bonds. The molecule has 0 heterocycles. The topological polar surface area (TPSA) is 55.8 Å². The molecule has 4 nitrogen and oxygen atoms in total. The van der Waals surface area contributed by atoms with Crippen molar-refractivity contribution in [2.24, 2.45) is 0 Å². The molecule has 0 aliphatic carbocycles. The molecule has 0 saturated heterocycles. The lowest BCUT2D eigenvalue weighted by molar-refractivity contribution is -0.144. The molecule has 0 bridgehead atoms. The van der Waals surface area contributed by atoms with Crippen molar-refractivity contribution in [3.8, 4) is 11.5 Å². The van der Waals surface area contributed by atoms with Crippen molar-refractivity contribution in [3.63, 3.8) is 0 Å². The zero-order valence-electron chi connectivity index (χ0n) is 8.98. The Morgan fingerprint density at radius 2 is 2.13 bits per heavy atom. The zero-order valence-corrected chi connectivity index (χ0v) is 8.98. The van der Waals surface area contributed by atoms with Crippen LogP contribution in [-0.2, 0) is 4.79 Å². The van der Waals surface area contributed by atoms with Crippen LogP contribution < -0.4 is 9.47 Å². The van der Waals surface area contributed by atoms with E-state index in [-0.39, 0.29) is 0 Å². The second-order valence-electron chi connectivity index (χ2n) is 3.23. The first-order valence-electron chi connectivity index (χ1n) is 4.58. The molecule has 0 aliphatic heterocycles. The largest absolute Gasteiger partial charge is 0.497 e. The predicted octanol–water partition coefficient (Wildman–Crippen LogP) is 1.86. The number of benzene rings is 1. The molecule has 0 aliphatic rings. The number of carboxylic acids is 1. The van der Waals surface area contributed by atoms with Gasteiger partial charge in [-0.2, -0.15) is 0 Å². The Morgan fingerprint density at radius 3 is 2.67 bits per heavy atom. The summed E-state index contributed by atoms with van der Waals surface area (Å²) < 4.78 is 10.3. The average Bonchev–Trinajstić information content (AvgIpc) is 2.21. The number of ether oxygens (including phenoxy) is 2. The number of carboxylic acid groups (broad SMARTS) is 1. The Hall–Kier alpha value is -1.71. The quantitative estimate of drug-likeness (QED) is 0.824. The molecular formula is C11H14O4. The smallest absolute Gasteiger partial charge is 0.344 e. The molecule has 1 aromatic carbocycles. The van der Waals surface area contributed by atoms with Gasteiger partial charge in [0.25, 0.3) is 0 Å². The molecular weight excluding hydrogens is 196 g/mol. The van der Waals surface area contributed by atoms with E-state index in [0.717, 1.165) is 5.56 Å². The van der Waals surface area contributed by atoms with Crippen LogP contribution in [0, 0.1) is 6.92 Å². The van der Waals surface area contributed by atoms with Crippen LogP contribution in [0.3, 0.4) is 0 Å². The predicted molar refractivity (Wildman–Crippen MR) is 55.5 cm³/mol. The number of aliphatic carboxylic acids is 1. The Balaban J connectivity index is 2.88. The van der Waals surface area contributed by atoms with E-state index in [1.54, 1.807) is 19.2 Å². The van der Waals surface area contributed by atoms with Gasteiger partial charge < -0.3 is 14.6 Å². The minimum atomic E-state index is -0.989. The van der Waals surface area contributed by atoms with Gasteiger partial charge in [0.2, 0.25) is 0 Å². The maximum absolute atomic E-state index is 10.6. The van der Waals surface area contributed by atoms with E-state index in [1.165, 1.54) is 6.92 Å². The first-order chi connectivity index (χ1) is 7.04. The van der Waals surface area contributed by atoms with Gasteiger partial charge in [-0.3, -0.25) is 0 Å². The number of hydrogen-bond donors (Lipinski definition) is 1. The zero-order chi connectivity index (χ0) is 11.4. The molecule has 4 heteroatoms. The van der Waals surface area contributed by atoms with Crippen LogP contribution >= 0.6 is 0 Å². The van der Waals surface area contributed by atoms with E-state index in [0.29, 0.717) is 11.5 Å². The minimum absolute atomic E-state index is 0.532. The lowest BCUT2D eigenvalue weighted by atomic mass is 10.2. The van der Waals surface area contributed by atoms with Gasteiger partial charge in [-0.15, -0.1) is 0 Å². The third-order valence-electron chi connectivity index (χ3n) is 2.05. The number of methoxy groups -OCH3 is 1. The Kier molecular flexibility index (Phi) is 3.55. The highest BCUT2D eigenvalue weighted by atomic mass is 16.5. The summed E-state index contributed by atoms with van der Waals surface area (Å²) in [7, 11) is 1.55. The summed E-state index contributed by atoms with van der Waals surface area (Å²) in [6.45, 7) is 3.34. The second-order valence-corrected chi connectivity index (χ2v) is 3.23. The van der Waals surface area contributed by atoms with Crippen molar-refractivity contribution < 1.29 is 19.4 Å². The Labute approximate surface area is 88.4 Å². The fraction of sp³-hybridized carbons (Fsp3) is 0.364. The van der Waals surface area contributed by atoms with Gasteiger partial charge in [0.05, 0.1) is 7.11 Å². The summed E-state index contributed by atoms with van der Waals surface area (Å²) >= 11 is 0. The van der Waals surface area contributed by atoms with E-state index >= 15 is 0 Å². The van der Waals surface area contributed by atoms with Gasteiger partial charge >= 0.3 is 5.97 Å². The molecule has 1 unspecified atom stereocenters. The van der Waals surface area contributed by atoms with Crippen LogP contribution in [-0.4, -0.2) is 24.3 Å². The Morgan fingerprint density at radius 1 is 1.47 bits per heavy atom. The van der Waals surface area contributed by atoms with E-state index in [2.05, 4.69) is 0 Å². The minimum Gasteiger partial charge on any atom is -0.497 e. The third kappa shape index (κ3) is 2.87. The maximum atomic E-state index is 10.6. The van der Waals surface area contributed by atoms with E-state index in [4.69, 9.17) is 14.6 Å². The van der Waals surface area contributed by atoms with E-state index < -0.39 is 12.1 Å². The second kappa shape index (κ2) is 4.68. The number of carbonyl (C=O) groups is 1. The van der Waals surface area contributed by atoms with Gasteiger partial charge in [-0.05, 0) is 25.5 Å². The summed E-state index contributed by atoms with van der Waals surface area (Å²) in [5.74, 6) is 0.189. The lowest BCUT2D eigenvalue weighted by Gasteiger charge is -2.13. The molecule has 0 aromatic heterocycles. The van der Waals surface area contributed by atoms with Gasteiger partial charge in [-0.25, -0.2) is 4.79 Å². The van der Waals surface area contributed by atoms with Crippen LogP contribution in [0.1, 0.15) is 12.5 Å². The average molecular weight is 210 g/mol. The van der Waals surface area contributed by atoms with Gasteiger partial charge in [0, 0.05) is 6.07 Å². The monoisotopic (exact) mass is 210 g/mol. The molecule has 1 N–H and O–H groups in total. The number of hydrogen-bond acceptors (Lipinski definition) is 3. The van der Waals surface area contributed by atoms with Crippen molar-refractivity contribution in [3.05, 3.63) is 23.8 Å². The number of rotatable bonds is 4. The van der Waals surface area contributed by atoms with Gasteiger partial charge in [0.15, 0.2) is 6.10 Å². The van der Waals surface area contributed by atoms with Gasteiger partial charge in [0.1, 0.15) is 11.5 Å². The third-order valence-corrected chi connectivity index (χ3v) is 2.05. The first-order valence-corrected chi connectivity index (χ1v) is 4.58. The summed E-state index contributed by atoms with van der Waals surface area (Å²) in [4.78, 5) is 10.6. The Bertz CT molecular complexity index is 360. The van der Waals surface area contributed by atoms with Gasteiger partial charge in [-0.1, -0.05) is 6.07 Å². The standard InChI is InChI=1S/C11H14O4/c1-7-4-5-9(14-3)6-10(7)15-8(2)11(12)13/h4-6,8H,1-3H3,(H,12,13). The molecule has 0 radical (unpaired) electrons. The highest BCUT2D eigenvalue weighted by Crippen LogP contribution is 2.24. The van der Waals surface area contributed by atoms with Crippen molar-refractivity contribution in [1.82, 2.24) is 0 Å². The van der Waals surface area contributed by atoms with Crippen molar-refractivity contribution in [1.29, 1.82) is 0 Å². The summed E-state index contributed by atoms with van der Waals surface area (Å²) in [6.07, 6.45) is -0.865. The number of aryl methyl sites for hydroxylation is 1. The van der Waals surface area contributed by atoms with Crippen molar-refractivity contribution in [2.75, 3.05) is 7.11 Å². The maximum Gasteiger partial charge on any atom is 0.344 e. The fourth-order valence-corrected chi connectivity index (χ4v) is 1.08. The summed E-state index contributed by atoms with van der Waals surface area (Å²) in [5.41, 5.74) is 0.879. The van der Waals surface area contributed by atoms with Crippen LogP contribution in [0.25, 0.3) is 0 Å². The van der Waals surface area contributed by atoms with E-state index in [1.807, 2.05) is 13.0 Å². The molecule has 82 valence electrons. The molecule has 1 atom stereocenters.